The van der Waals surface area contributed by atoms with Crippen LogP contribution in [-0.4, -0.2) is 15.9 Å². The molecular formula is C15H17N3O3. The Morgan fingerprint density at radius 3 is 2.52 bits per heavy atom. The Morgan fingerprint density at radius 2 is 1.90 bits per heavy atom. The summed E-state index contributed by atoms with van der Waals surface area (Å²) in [5.74, 6) is -0.284. The van der Waals surface area contributed by atoms with Crippen LogP contribution in [-0.2, 0) is 0 Å². The maximum Gasteiger partial charge on any atom is 0.326 e. The summed E-state index contributed by atoms with van der Waals surface area (Å²) < 4.78 is 0. The molecule has 0 unspecified atom stereocenters. The molecule has 1 heterocycles. The lowest BCUT2D eigenvalue weighted by atomic mass is 9.98. The van der Waals surface area contributed by atoms with Gasteiger partial charge < -0.3 is 10.3 Å². The van der Waals surface area contributed by atoms with Gasteiger partial charge in [0.05, 0.1) is 0 Å². The maximum atomic E-state index is 12.2. The summed E-state index contributed by atoms with van der Waals surface area (Å²) in [7, 11) is 0. The number of rotatable bonds is 3. The fourth-order valence-corrected chi connectivity index (χ4v) is 2.11. The fourth-order valence-electron chi connectivity index (χ4n) is 2.11. The van der Waals surface area contributed by atoms with Gasteiger partial charge in [0.1, 0.15) is 5.69 Å². The molecule has 2 rings (SSSR count). The molecule has 6 nitrogen and oxygen atoms in total. The number of aryl methyl sites for hydroxylation is 1. The van der Waals surface area contributed by atoms with Crippen LogP contribution in [0.25, 0.3) is 0 Å². The van der Waals surface area contributed by atoms with Gasteiger partial charge in [0.25, 0.3) is 11.5 Å². The zero-order chi connectivity index (χ0) is 15.6. The van der Waals surface area contributed by atoms with E-state index < -0.39 is 17.2 Å². The first-order valence-electron chi connectivity index (χ1n) is 6.63. The number of carbonyl (C=O) groups excluding carboxylic acids is 1. The van der Waals surface area contributed by atoms with E-state index in [1.165, 1.54) is 0 Å². The zero-order valence-electron chi connectivity index (χ0n) is 12.1. The SMILES string of the molecule is Cc1cccc(C(C)C)c1NC(=O)c1cc(=O)[nH]c(=O)[nH]1. The molecule has 1 aromatic carbocycles. The van der Waals surface area contributed by atoms with E-state index in [4.69, 9.17) is 0 Å². The lowest BCUT2D eigenvalue weighted by Gasteiger charge is -2.16. The van der Waals surface area contributed by atoms with Crippen LogP contribution in [0, 0.1) is 6.92 Å². The van der Waals surface area contributed by atoms with Gasteiger partial charge in [0.15, 0.2) is 0 Å². The molecule has 0 saturated carbocycles. The third kappa shape index (κ3) is 3.28. The first-order valence-corrected chi connectivity index (χ1v) is 6.63. The van der Waals surface area contributed by atoms with E-state index in [2.05, 4.69) is 10.3 Å². The topological polar surface area (TPSA) is 94.8 Å². The Hall–Kier alpha value is -2.63. The number of para-hydroxylation sites is 1. The van der Waals surface area contributed by atoms with Crippen molar-refractivity contribution in [2.75, 3.05) is 5.32 Å². The average molecular weight is 287 g/mol. The zero-order valence-corrected chi connectivity index (χ0v) is 12.1. The van der Waals surface area contributed by atoms with Crippen molar-refractivity contribution < 1.29 is 4.79 Å². The first kappa shape index (κ1) is 14.8. The van der Waals surface area contributed by atoms with E-state index in [1.54, 1.807) is 0 Å². The lowest BCUT2D eigenvalue weighted by Crippen LogP contribution is -2.27. The van der Waals surface area contributed by atoms with E-state index in [0.29, 0.717) is 5.69 Å². The molecule has 0 fully saturated rings. The maximum absolute atomic E-state index is 12.2. The van der Waals surface area contributed by atoms with Crippen LogP contribution in [0.3, 0.4) is 0 Å². The molecule has 0 saturated heterocycles. The smallest absolute Gasteiger partial charge is 0.320 e. The van der Waals surface area contributed by atoms with Crippen molar-refractivity contribution in [3.63, 3.8) is 0 Å². The van der Waals surface area contributed by atoms with Crippen molar-refractivity contribution in [3.05, 3.63) is 61.9 Å². The number of hydrogen-bond acceptors (Lipinski definition) is 3. The Balaban J connectivity index is 2.40. The van der Waals surface area contributed by atoms with Crippen molar-refractivity contribution in [2.45, 2.75) is 26.7 Å². The first-order chi connectivity index (χ1) is 9.88. The molecule has 0 aliphatic carbocycles. The second-order valence-electron chi connectivity index (χ2n) is 5.15. The number of anilines is 1. The number of aromatic nitrogens is 2. The van der Waals surface area contributed by atoms with Crippen LogP contribution < -0.4 is 16.6 Å². The summed E-state index contributed by atoms with van der Waals surface area (Å²) in [5.41, 5.74) is 1.23. The normalized spacial score (nSPS) is 10.7. The number of nitrogens with one attached hydrogen (secondary N) is 3. The molecule has 0 aliphatic rings. The Labute approximate surface area is 121 Å². The van der Waals surface area contributed by atoms with Crippen LogP contribution in [0.4, 0.5) is 5.69 Å². The van der Waals surface area contributed by atoms with Crippen molar-refractivity contribution in [3.8, 4) is 0 Å². The predicted molar refractivity (Wildman–Crippen MR) is 80.9 cm³/mol. The van der Waals surface area contributed by atoms with Gasteiger partial charge in [-0.25, -0.2) is 4.79 Å². The summed E-state index contributed by atoms with van der Waals surface area (Å²) >= 11 is 0. The second kappa shape index (κ2) is 5.78. The molecule has 0 radical (unpaired) electrons. The lowest BCUT2D eigenvalue weighted by molar-refractivity contribution is 0.102. The van der Waals surface area contributed by atoms with Gasteiger partial charge in [-0.05, 0) is 24.0 Å². The Morgan fingerprint density at radius 1 is 1.19 bits per heavy atom. The Kier molecular flexibility index (Phi) is 4.07. The van der Waals surface area contributed by atoms with Gasteiger partial charge in [-0.2, -0.15) is 0 Å². The molecule has 21 heavy (non-hydrogen) atoms. The van der Waals surface area contributed by atoms with Gasteiger partial charge in [-0.15, -0.1) is 0 Å². The highest BCUT2D eigenvalue weighted by molar-refractivity contribution is 6.03. The highest BCUT2D eigenvalue weighted by atomic mass is 16.2. The van der Waals surface area contributed by atoms with Crippen LogP contribution in [0.5, 0.6) is 0 Å². The van der Waals surface area contributed by atoms with Crippen molar-refractivity contribution in [1.29, 1.82) is 0 Å². The average Bonchev–Trinajstić information content (AvgIpc) is 2.39. The monoisotopic (exact) mass is 287 g/mol. The summed E-state index contributed by atoms with van der Waals surface area (Å²) in [4.78, 5) is 39.0. The number of carbonyl (C=O) groups is 1. The third-order valence-electron chi connectivity index (χ3n) is 3.17. The number of amides is 1. The van der Waals surface area contributed by atoms with Gasteiger partial charge in [0.2, 0.25) is 0 Å². The molecule has 0 spiro atoms. The van der Waals surface area contributed by atoms with Gasteiger partial charge in [-0.3, -0.25) is 14.6 Å². The summed E-state index contributed by atoms with van der Waals surface area (Å²) in [5, 5.41) is 2.77. The van der Waals surface area contributed by atoms with Gasteiger partial charge in [0, 0.05) is 11.8 Å². The summed E-state index contributed by atoms with van der Waals surface area (Å²) in [6.07, 6.45) is 0. The summed E-state index contributed by atoms with van der Waals surface area (Å²) in [6.45, 7) is 5.95. The molecule has 110 valence electrons. The molecule has 2 aromatic rings. The van der Waals surface area contributed by atoms with E-state index in [9.17, 15) is 14.4 Å². The number of H-pyrrole nitrogens is 2. The van der Waals surface area contributed by atoms with Crippen LogP contribution in [0.15, 0.2) is 33.9 Å². The second-order valence-corrected chi connectivity index (χ2v) is 5.15. The largest absolute Gasteiger partial charge is 0.326 e. The van der Waals surface area contributed by atoms with Crippen LogP contribution in [0.2, 0.25) is 0 Å². The molecule has 1 amide bonds. The minimum absolute atomic E-state index is 0.0679. The fraction of sp³-hybridized carbons (Fsp3) is 0.267. The molecule has 0 bridgehead atoms. The van der Waals surface area contributed by atoms with Crippen molar-refractivity contribution >= 4 is 11.6 Å². The predicted octanol–water partition coefficient (Wildman–Crippen LogP) is 1.75. The van der Waals surface area contributed by atoms with Crippen LogP contribution in [0.1, 0.15) is 41.4 Å². The summed E-state index contributed by atoms with van der Waals surface area (Å²) in [6, 6.07) is 6.81. The van der Waals surface area contributed by atoms with E-state index in [0.717, 1.165) is 17.2 Å². The van der Waals surface area contributed by atoms with Gasteiger partial charge >= 0.3 is 5.69 Å². The van der Waals surface area contributed by atoms with Crippen molar-refractivity contribution in [1.82, 2.24) is 9.97 Å². The quantitative estimate of drug-likeness (QED) is 0.802. The molecule has 0 aliphatic heterocycles. The van der Waals surface area contributed by atoms with E-state index in [1.807, 2.05) is 44.0 Å². The van der Waals surface area contributed by atoms with E-state index in [-0.39, 0.29) is 11.6 Å². The number of benzene rings is 1. The minimum atomic E-state index is -0.707. The standard InChI is InChI=1S/C15H17N3O3/c1-8(2)10-6-4-5-9(3)13(10)18-14(20)11-7-12(19)17-15(21)16-11/h4-8H,1-3H3,(H,18,20)(H2,16,17,19,21). The highest BCUT2D eigenvalue weighted by Crippen LogP contribution is 2.27. The molecule has 1 aromatic heterocycles. The molecular weight excluding hydrogens is 270 g/mol. The number of aromatic amines is 2. The minimum Gasteiger partial charge on any atom is -0.320 e. The highest BCUT2D eigenvalue weighted by Gasteiger charge is 2.14. The van der Waals surface area contributed by atoms with Gasteiger partial charge in [-0.1, -0.05) is 32.0 Å². The third-order valence-corrected chi connectivity index (χ3v) is 3.17. The molecule has 6 heteroatoms. The molecule has 3 N–H and O–H groups in total. The Bertz CT molecular complexity index is 759. The molecule has 0 atom stereocenters. The number of hydrogen-bond donors (Lipinski definition) is 3. The van der Waals surface area contributed by atoms with Crippen LogP contribution >= 0.6 is 0 Å². The van der Waals surface area contributed by atoms with E-state index >= 15 is 0 Å². The van der Waals surface area contributed by atoms with Crippen molar-refractivity contribution in [2.24, 2.45) is 0 Å².